The first-order valence-electron chi connectivity index (χ1n) is 8.11. The van der Waals surface area contributed by atoms with E-state index in [1.165, 1.54) is 6.07 Å². The second-order valence-corrected chi connectivity index (χ2v) is 7.75. The fourth-order valence-corrected chi connectivity index (χ4v) is 3.86. The number of phenols is 1. The first-order chi connectivity index (χ1) is 13.5. The molecule has 1 amide bonds. The topological polar surface area (TPSA) is 74.8 Å². The number of benzene rings is 2. The fourth-order valence-electron chi connectivity index (χ4n) is 2.62. The maximum Gasteiger partial charge on any atom is 0.289 e. The van der Waals surface area contributed by atoms with Crippen LogP contribution in [0.25, 0.3) is 17.4 Å². The Labute approximate surface area is 174 Å². The normalized spacial score (nSPS) is 16.7. The van der Waals surface area contributed by atoms with E-state index in [4.69, 9.17) is 27.6 Å². The Bertz CT molecular complexity index is 1120. The molecule has 2 N–H and O–H groups in total. The molecule has 5 nitrogen and oxygen atoms in total. The van der Waals surface area contributed by atoms with E-state index in [-0.39, 0.29) is 11.0 Å². The minimum Gasteiger partial charge on any atom is -0.508 e. The first kappa shape index (κ1) is 18.7. The lowest BCUT2D eigenvalue weighted by Gasteiger charge is -2.00. The molecule has 1 aliphatic heterocycles. The highest BCUT2D eigenvalue weighted by atomic mass is 35.5. The van der Waals surface area contributed by atoms with Crippen LogP contribution < -0.4 is 5.32 Å². The number of nitrogens with zero attached hydrogens (tertiary/aromatic N) is 1. The molecule has 0 unspecified atom stereocenters. The molecule has 140 valence electrons. The molecule has 0 radical (unpaired) electrons. The van der Waals surface area contributed by atoms with Crippen molar-refractivity contribution in [3.05, 3.63) is 75.3 Å². The van der Waals surface area contributed by atoms with Crippen molar-refractivity contribution in [3.63, 3.8) is 0 Å². The second-order valence-electron chi connectivity index (χ2n) is 5.86. The molecule has 0 aliphatic carbocycles. The van der Waals surface area contributed by atoms with Crippen LogP contribution in [0.3, 0.4) is 0 Å². The number of carbonyl (C=O) groups excluding carboxylic acids is 1. The minimum atomic E-state index is -0.237. The predicted molar refractivity (Wildman–Crippen MR) is 113 cm³/mol. The van der Waals surface area contributed by atoms with Gasteiger partial charge < -0.3 is 14.8 Å². The molecule has 1 aromatic heterocycles. The van der Waals surface area contributed by atoms with E-state index >= 15 is 0 Å². The summed E-state index contributed by atoms with van der Waals surface area (Å²) >= 11 is 13.1. The second kappa shape index (κ2) is 7.75. The van der Waals surface area contributed by atoms with Gasteiger partial charge in [-0.1, -0.05) is 29.3 Å². The molecule has 3 aromatic rings. The number of phenolic OH excluding ortho intramolecular Hbond substituents is 1. The minimum absolute atomic E-state index is 0.0974. The summed E-state index contributed by atoms with van der Waals surface area (Å²) in [6.45, 7) is 0. The van der Waals surface area contributed by atoms with Crippen molar-refractivity contribution in [2.75, 3.05) is 0 Å². The van der Waals surface area contributed by atoms with Crippen molar-refractivity contribution < 1.29 is 14.3 Å². The van der Waals surface area contributed by atoms with Crippen molar-refractivity contribution in [3.8, 4) is 17.1 Å². The van der Waals surface area contributed by atoms with Crippen molar-refractivity contribution in [1.82, 2.24) is 5.32 Å². The average molecular weight is 431 g/mol. The van der Waals surface area contributed by atoms with E-state index in [9.17, 15) is 9.90 Å². The molecular weight excluding hydrogens is 419 g/mol. The number of aromatic hydroxyl groups is 1. The summed E-state index contributed by atoms with van der Waals surface area (Å²) < 4.78 is 5.85. The Balaban J connectivity index is 1.66. The number of hydrogen-bond acceptors (Lipinski definition) is 5. The maximum absolute atomic E-state index is 11.8. The number of halogens is 2. The Morgan fingerprint density at radius 1 is 1.07 bits per heavy atom. The number of aliphatic imine (C=N–C) groups is 1. The molecule has 0 saturated carbocycles. The molecule has 4 rings (SSSR count). The van der Waals surface area contributed by atoms with Crippen molar-refractivity contribution in [1.29, 1.82) is 0 Å². The highest BCUT2D eigenvalue weighted by molar-refractivity contribution is 8.18. The Kier molecular flexibility index (Phi) is 5.17. The first-order valence-corrected chi connectivity index (χ1v) is 9.68. The van der Waals surface area contributed by atoms with Crippen LogP contribution in [0, 0.1) is 0 Å². The van der Waals surface area contributed by atoms with Gasteiger partial charge in [-0.3, -0.25) is 4.79 Å². The largest absolute Gasteiger partial charge is 0.508 e. The zero-order valence-electron chi connectivity index (χ0n) is 14.1. The summed E-state index contributed by atoms with van der Waals surface area (Å²) in [6, 6.07) is 15.2. The standard InChI is InChI=1S/C20H12Cl2N2O3S/c21-12-6-11(7-13(22)8-12)17-5-4-16(27-17)10-18-19(24-20(26)28-18)23-14-2-1-3-15(25)9-14/h1-10,25H,(H,23,24,26). The molecule has 28 heavy (non-hydrogen) atoms. The zero-order valence-corrected chi connectivity index (χ0v) is 16.5. The molecule has 2 heterocycles. The summed E-state index contributed by atoms with van der Waals surface area (Å²) in [5, 5.41) is 13.1. The van der Waals surface area contributed by atoms with Gasteiger partial charge in [-0.05, 0) is 60.3 Å². The number of carbonyl (C=O) groups is 1. The highest BCUT2D eigenvalue weighted by Crippen LogP contribution is 2.32. The number of hydrogen-bond donors (Lipinski definition) is 2. The maximum atomic E-state index is 11.8. The van der Waals surface area contributed by atoms with Crippen LogP contribution in [-0.4, -0.2) is 16.2 Å². The fraction of sp³-hybridized carbons (Fsp3) is 0. The summed E-state index contributed by atoms with van der Waals surface area (Å²) in [5.74, 6) is 1.64. The number of thioether (sulfide) groups is 1. The van der Waals surface area contributed by atoms with Crippen molar-refractivity contribution in [2.45, 2.75) is 0 Å². The van der Waals surface area contributed by atoms with E-state index in [1.807, 2.05) is 0 Å². The van der Waals surface area contributed by atoms with Gasteiger partial charge in [0, 0.05) is 21.7 Å². The number of amidine groups is 1. The van der Waals surface area contributed by atoms with Crippen LogP contribution in [0.4, 0.5) is 10.5 Å². The van der Waals surface area contributed by atoms with Gasteiger partial charge in [-0.2, -0.15) is 0 Å². The van der Waals surface area contributed by atoms with E-state index in [0.29, 0.717) is 38.0 Å². The van der Waals surface area contributed by atoms with Crippen molar-refractivity contribution in [2.24, 2.45) is 4.99 Å². The van der Waals surface area contributed by atoms with E-state index in [2.05, 4.69) is 10.3 Å². The van der Waals surface area contributed by atoms with Crippen LogP contribution in [0.2, 0.25) is 10.0 Å². The van der Waals surface area contributed by atoms with Crippen LogP contribution in [0.1, 0.15) is 5.76 Å². The SMILES string of the molecule is O=C1NC(=Nc2cccc(O)c2)C(=Cc2ccc(-c3cc(Cl)cc(Cl)c3)o2)S1. The van der Waals surface area contributed by atoms with E-state index in [0.717, 1.165) is 17.3 Å². The van der Waals surface area contributed by atoms with Gasteiger partial charge >= 0.3 is 0 Å². The monoisotopic (exact) mass is 430 g/mol. The van der Waals surface area contributed by atoms with E-state index in [1.54, 1.807) is 54.6 Å². The molecule has 0 atom stereocenters. The number of rotatable bonds is 3. The molecule has 1 saturated heterocycles. The summed E-state index contributed by atoms with van der Waals surface area (Å²) in [5.41, 5.74) is 1.28. The van der Waals surface area contributed by atoms with Crippen molar-refractivity contribution >= 4 is 57.8 Å². The third kappa shape index (κ3) is 4.25. The smallest absolute Gasteiger partial charge is 0.289 e. The molecule has 2 aromatic carbocycles. The van der Waals surface area contributed by atoms with Gasteiger partial charge in [-0.25, -0.2) is 4.99 Å². The summed E-state index contributed by atoms with van der Waals surface area (Å²) in [4.78, 5) is 16.8. The molecule has 1 aliphatic rings. The predicted octanol–water partition coefficient (Wildman–Crippen LogP) is 6.49. The quantitative estimate of drug-likeness (QED) is 0.497. The van der Waals surface area contributed by atoms with Gasteiger partial charge in [0.25, 0.3) is 5.24 Å². The molecular formula is C20H12Cl2N2O3S. The van der Waals surface area contributed by atoms with Gasteiger partial charge in [-0.15, -0.1) is 0 Å². The molecule has 0 bridgehead atoms. The van der Waals surface area contributed by atoms with Crippen LogP contribution in [0.15, 0.2) is 68.9 Å². The lowest BCUT2D eigenvalue weighted by molar-refractivity contribution is 0.265. The van der Waals surface area contributed by atoms with Crippen LogP contribution in [0.5, 0.6) is 5.75 Å². The number of nitrogens with one attached hydrogen (secondary N) is 1. The molecule has 8 heteroatoms. The molecule has 0 spiro atoms. The summed E-state index contributed by atoms with van der Waals surface area (Å²) in [7, 11) is 0. The highest BCUT2D eigenvalue weighted by Gasteiger charge is 2.24. The Morgan fingerprint density at radius 3 is 2.61 bits per heavy atom. The lowest BCUT2D eigenvalue weighted by Crippen LogP contribution is -2.18. The van der Waals surface area contributed by atoms with Gasteiger partial charge in [0.15, 0.2) is 0 Å². The average Bonchev–Trinajstić information content (AvgIpc) is 3.21. The van der Waals surface area contributed by atoms with Gasteiger partial charge in [0.1, 0.15) is 23.1 Å². The third-order valence-corrected chi connectivity index (χ3v) is 5.03. The Hall–Kier alpha value is -2.67. The van der Waals surface area contributed by atoms with Gasteiger partial charge in [0.05, 0.1) is 10.6 Å². The van der Waals surface area contributed by atoms with Crippen LogP contribution >= 0.6 is 35.0 Å². The molecule has 1 fully saturated rings. The number of furan rings is 1. The van der Waals surface area contributed by atoms with Crippen LogP contribution in [-0.2, 0) is 0 Å². The number of amides is 1. The Morgan fingerprint density at radius 2 is 1.86 bits per heavy atom. The zero-order chi connectivity index (χ0) is 19.7. The summed E-state index contributed by atoms with van der Waals surface area (Å²) in [6.07, 6.45) is 1.72. The third-order valence-electron chi connectivity index (χ3n) is 3.77. The van der Waals surface area contributed by atoms with E-state index < -0.39 is 0 Å². The lowest BCUT2D eigenvalue weighted by atomic mass is 10.2. The van der Waals surface area contributed by atoms with Gasteiger partial charge in [0.2, 0.25) is 0 Å².